The van der Waals surface area contributed by atoms with Gasteiger partial charge in [0, 0.05) is 12.2 Å². The maximum Gasteiger partial charge on any atom is 0.340 e. The van der Waals surface area contributed by atoms with Crippen LogP contribution in [0.4, 0.5) is 11.6 Å². The van der Waals surface area contributed by atoms with Gasteiger partial charge in [-0.05, 0) is 38.5 Å². The molecule has 7 nitrogen and oxygen atoms in total. The average molecular weight is 342 g/mol. The summed E-state index contributed by atoms with van der Waals surface area (Å²) in [4.78, 5) is 32.8. The number of benzene rings is 1. The van der Waals surface area contributed by atoms with E-state index in [0.717, 1.165) is 6.42 Å². The first kappa shape index (κ1) is 18.4. The topological polar surface area (TPSA) is 93.2 Å². The summed E-state index contributed by atoms with van der Waals surface area (Å²) in [6.07, 6.45) is 2.43. The summed E-state index contributed by atoms with van der Waals surface area (Å²) in [7, 11) is 0. The van der Waals surface area contributed by atoms with Crippen molar-refractivity contribution >= 4 is 23.5 Å². The van der Waals surface area contributed by atoms with Crippen LogP contribution in [-0.4, -0.2) is 34.5 Å². The summed E-state index contributed by atoms with van der Waals surface area (Å²) < 4.78 is 5.01. The fourth-order valence-electron chi connectivity index (χ4n) is 2.04. The molecule has 1 amide bonds. The molecule has 0 aliphatic carbocycles. The number of hydrogen-bond donors (Lipinski definition) is 2. The lowest BCUT2D eigenvalue weighted by Crippen LogP contribution is -2.20. The number of para-hydroxylation sites is 1. The summed E-state index contributed by atoms with van der Waals surface area (Å²) in [5.74, 6) is -0.521. The normalized spacial score (nSPS) is 11.5. The third kappa shape index (κ3) is 5.00. The van der Waals surface area contributed by atoms with E-state index in [4.69, 9.17) is 4.74 Å². The second kappa shape index (κ2) is 8.77. The van der Waals surface area contributed by atoms with Crippen molar-refractivity contribution in [3.05, 3.63) is 47.8 Å². The van der Waals surface area contributed by atoms with Gasteiger partial charge < -0.3 is 15.4 Å². The van der Waals surface area contributed by atoms with E-state index < -0.39 is 11.9 Å². The molecule has 132 valence electrons. The van der Waals surface area contributed by atoms with Crippen LogP contribution < -0.4 is 10.6 Å². The van der Waals surface area contributed by atoms with Crippen LogP contribution in [0.5, 0.6) is 0 Å². The molecule has 0 saturated heterocycles. The third-order valence-corrected chi connectivity index (χ3v) is 3.55. The Labute approximate surface area is 146 Å². The molecule has 1 aromatic heterocycles. The molecule has 0 bridgehead atoms. The van der Waals surface area contributed by atoms with Crippen LogP contribution in [-0.2, 0) is 4.74 Å². The van der Waals surface area contributed by atoms with E-state index in [0.29, 0.717) is 17.2 Å². The number of nitrogens with zero attached hydrogens (tertiary/aromatic N) is 2. The predicted octanol–water partition coefficient (Wildman–Crippen LogP) is 3.12. The van der Waals surface area contributed by atoms with E-state index in [1.807, 2.05) is 13.8 Å². The number of nitrogens with one attached hydrogen (secondary N) is 2. The monoisotopic (exact) mass is 342 g/mol. The van der Waals surface area contributed by atoms with Gasteiger partial charge in [-0.3, -0.25) is 4.79 Å². The van der Waals surface area contributed by atoms with Crippen molar-refractivity contribution in [2.45, 2.75) is 33.2 Å². The van der Waals surface area contributed by atoms with Crippen molar-refractivity contribution in [3.8, 4) is 0 Å². The molecule has 1 aromatic carbocycles. The first-order chi connectivity index (χ1) is 12.0. The van der Waals surface area contributed by atoms with E-state index in [-0.39, 0.29) is 18.3 Å². The molecular weight excluding hydrogens is 320 g/mol. The van der Waals surface area contributed by atoms with Crippen LogP contribution in [0.15, 0.2) is 36.5 Å². The fraction of sp³-hybridized carbons (Fsp3) is 0.333. The van der Waals surface area contributed by atoms with Gasteiger partial charge in [0.05, 0.1) is 17.9 Å². The molecule has 0 aliphatic rings. The second-order valence-corrected chi connectivity index (χ2v) is 5.44. The minimum Gasteiger partial charge on any atom is -0.462 e. The van der Waals surface area contributed by atoms with Crippen LogP contribution in [0.2, 0.25) is 0 Å². The molecule has 0 spiro atoms. The van der Waals surface area contributed by atoms with Crippen LogP contribution in [0.3, 0.4) is 0 Å². The summed E-state index contributed by atoms with van der Waals surface area (Å²) in [6, 6.07) is 8.40. The van der Waals surface area contributed by atoms with Crippen molar-refractivity contribution in [2.24, 2.45) is 0 Å². The SMILES string of the molecule is CCOC(=O)c1ccccc1NC(=O)c1ccnc(NC(C)CC)n1. The minimum atomic E-state index is -0.486. The molecule has 25 heavy (non-hydrogen) atoms. The molecule has 0 radical (unpaired) electrons. The molecule has 2 rings (SSSR count). The van der Waals surface area contributed by atoms with E-state index in [2.05, 4.69) is 20.6 Å². The highest BCUT2D eigenvalue weighted by atomic mass is 16.5. The molecular formula is C18H22N4O3. The van der Waals surface area contributed by atoms with Crippen molar-refractivity contribution in [1.29, 1.82) is 0 Å². The van der Waals surface area contributed by atoms with Gasteiger partial charge in [0.2, 0.25) is 5.95 Å². The molecule has 2 N–H and O–H groups in total. The molecule has 1 atom stereocenters. The number of aromatic nitrogens is 2. The largest absolute Gasteiger partial charge is 0.462 e. The number of rotatable bonds is 7. The highest BCUT2D eigenvalue weighted by molar-refractivity contribution is 6.07. The van der Waals surface area contributed by atoms with E-state index in [1.54, 1.807) is 31.2 Å². The molecule has 0 fully saturated rings. The van der Waals surface area contributed by atoms with Crippen molar-refractivity contribution < 1.29 is 14.3 Å². The Balaban J connectivity index is 2.18. The zero-order chi connectivity index (χ0) is 18.2. The number of hydrogen-bond acceptors (Lipinski definition) is 6. The average Bonchev–Trinajstić information content (AvgIpc) is 2.62. The highest BCUT2D eigenvalue weighted by Gasteiger charge is 2.16. The lowest BCUT2D eigenvalue weighted by atomic mass is 10.1. The maximum atomic E-state index is 12.5. The molecule has 1 unspecified atom stereocenters. The number of anilines is 2. The molecule has 2 aromatic rings. The number of esters is 1. The van der Waals surface area contributed by atoms with E-state index in [9.17, 15) is 9.59 Å². The number of carbonyl (C=O) groups is 2. The van der Waals surface area contributed by atoms with E-state index in [1.165, 1.54) is 12.3 Å². The molecule has 0 saturated carbocycles. The van der Waals surface area contributed by atoms with Crippen molar-refractivity contribution in [1.82, 2.24) is 9.97 Å². The molecule has 7 heteroatoms. The Bertz CT molecular complexity index is 749. The van der Waals surface area contributed by atoms with Gasteiger partial charge in [0.1, 0.15) is 5.69 Å². The van der Waals surface area contributed by atoms with Crippen LogP contribution in [0, 0.1) is 0 Å². The first-order valence-corrected chi connectivity index (χ1v) is 8.22. The molecule has 1 heterocycles. The van der Waals surface area contributed by atoms with Crippen molar-refractivity contribution in [2.75, 3.05) is 17.2 Å². The van der Waals surface area contributed by atoms with Gasteiger partial charge in [-0.2, -0.15) is 0 Å². The predicted molar refractivity (Wildman–Crippen MR) is 95.8 cm³/mol. The Kier molecular flexibility index (Phi) is 6.45. The number of amides is 1. The Hall–Kier alpha value is -2.96. The Morgan fingerprint density at radius 1 is 1.20 bits per heavy atom. The second-order valence-electron chi connectivity index (χ2n) is 5.44. The summed E-state index contributed by atoms with van der Waals surface area (Å²) in [5, 5.41) is 5.82. The zero-order valence-corrected chi connectivity index (χ0v) is 14.6. The van der Waals surface area contributed by atoms with Crippen LogP contribution in [0.1, 0.15) is 48.0 Å². The molecule has 0 aliphatic heterocycles. The highest BCUT2D eigenvalue weighted by Crippen LogP contribution is 2.17. The maximum absolute atomic E-state index is 12.5. The standard InChI is InChI=1S/C18H22N4O3/c1-4-12(3)20-18-19-11-10-15(22-18)16(23)21-14-9-7-6-8-13(14)17(24)25-5-2/h6-12H,4-5H2,1-3H3,(H,21,23)(H,19,20,22). The van der Waals surface area contributed by atoms with Crippen molar-refractivity contribution in [3.63, 3.8) is 0 Å². The third-order valence-electron chi connectivity index (χ3n) is 3.55. The Morgan fingerprint density at radius 2 is 1.96 bits per heavy atom. The lowest BCUT2D eigenvalue weighted by Gasteiger charge is -2.12. The summed E-state index contributed by atoms with van der Waals surface area (Å²) >= 11 is 0. The fourth-order valence-corrected chi connectivity index (χ4v) is 2.04. The lowest BCUT2D eigenvalue weighted by molar-refractivity contribution is 0.0527. The van der Waals surface area contributed by atoms with Gasteiger partial charge in [-0.15, -0.1) is 0 Å². The van der Waals surface area contributed by atoms with Crippen LogP contribution >= 0.6 is 0 Å². The Morgan fingerprint density at radius 3 is 2.68 bits per heavy atom. The van der Waals surface area contributed by atoms with E-state index >= 15 is 0 Å². The summed E-state index contributed by atoms with van der Waals surface area (Å²) in [5.41, 5.74) is 0.880. The number of ether oxygens (including phenoxy) is 1. The summed E-state index contributed by atoms with van der Waals surface area (Å²) in [6.45, 7) is 6.04. The van der Waals surface area contributed by atoms with Gasteiger partial charge in [-0.25, -0.2) is 14.8 Å². The van der Waals surface area contributed by atoms with Gasteiger partial charge in [0.25, 0.3) is 5.91 Å². The minimum absolute atomic E-state index is 0.197. The quantitative estimate of drug-likeness (QED) is 0.751. The van der Waals surface area contributed by atoms with Gasteiger partial charge in [0.15, 0.2) is 0 Å². The van der Waals surface area contributed by atoms with Gasteiger partial charge >= 0.3 is 5.97 Å². The number of carbonyl (C=O) groups excluding carboxylic acids is 2. The van der Waals surface area contributed by atoms with Gasteiger partial charge in [-0.1, -0.05) is 19.1 Å². The first-order valence-electron chi connectivity index (χ1n) is 8.22. The smallest absolute Gasteiger partial charge is 0.340 e. The van der Waals surface area contributed by atoms with Crippen LogP contribution in [0.25, 0.3) is 0 Å². The zero-order valence-electron chi connectivity index (χ0n) is 14.6.